The number of pyridine rings is 1. The molecule has 1 aromatic heterocycles. The fraction of sp³-hybridized carbons (Fsp3) is 0.273. The monoisotopic (exact) mass is 445 g/mol. The van der Waals surface area contributed by atoms with Crippen LogP contribution in [0.2, 0.25) is 5.02 Å². The molecule has 0 bridgehead atoms. The summed E-state index contributed by atoms with van der Waals surface area (Å²) < 4.78 is 5.55. The molecule has 3 N–H and O–H groups in total. The number of aromatic amines is 1. The summed E-state index contributed by atoms with van der Waals surface area (Å²) in [6.45, 7) is 4.66. The Bertz CT molecular complexity index is 1100. The molecule has 8 heteroatoms. The highest BCUT2D eigenvalue weighted by Crippen LogP contribution is 2.20. The van der Waals surface area contributed by atoms with Gasteiger partial charge in [0.05, 0.1) is 19.3 Å². The van der Waals surface area contributed by atoms with Crippen molar-refractivity contribution < 1.29 is 9.84 Å². The molecule has 0 fully saturated rings. The van der Waals surface area contributed by atoms with E-state index in [1.54, 1.807) is 24.0 Å². The first-order valence-corrected chi connectivity index (χ1v) is 10.4. The van der Waals surface area contributed by atoms with Crippen LogP contribution < -0.4 is 15.6 Å². The quantitative estimate of drug-likeness (QED) is 0.474. The van der Waals surface area contributed by atoms with Crippen molar-refractivity contribution in [3.8, 4) is 5.75 Å². The Kier molecular flexibility index (Phi) is 7.31. The lowest BCUT2D eigenvalue weighted by molar-refractivity contribution is 0.158. The van der Waals surface area contributed by atoms with Gasteiger partial charge in [0.25, 0.3) is 5.56 Å². The van der Waals surface area contributed by atoms with Gasteiger partial charge < -0.3 is 25.0 Å². The van der Waals surface area contributed by atoms with Crippen LogP contribution in [0.15, 0.2) is 53.3 Å². The number of nitrogens with one attached hydrogen (secondary N) is 2. The summed E-state index contributed by atoms with van der Waals surface area (Å²) in [5, 5.41) is 14.9. The summed E-state index contributed by atoms with van der Waals surface area (Å²) in [4.78, 5) is 17.3. The number of nitrogens with zero attached hydrogens (tertiary/aromatic N) is 1. The van der Waals surface area contributed by atoms with Crippen LogP contribution in [0.25, 0.3) is 10.9 Å². The molecule has 0 aliphatic heterocycles. The Hall–Kier alpha value is -2.61. The zero-order valence-electron chi connectivity index (χ0n) is 16.8. The van der Waals surface area contributed by atoms with Gasteiger partial charge in [-0.2, -0.15) is 0 Å². The molecule has 1 atom stereocenters. The van der Waals surface area contributed by atoms with Crippen molar-refractivity contribution in [2.75, 3.05) is 18.5 Å². The molecule has 2 aromatic carbocycles. The topological polar surface area (TPSA) is 77.6 Å². The molecule has 0 unspecified atom stereocenters. The van der Waals surface area contributed by atoms with Crippen LogP contribution in [0.3, 0.4) is 0 Å². The zero-order chi connectivity index (χ0) is 21.7. The number of hydrogen-bond donors (Lipinski definition) is 3. The number of fused-ring (bicyclic) bond motifs is 1. The zero-order valence-corrected chi connectivity index (χ0v) is 18.4. The Morgan fingerprint density at radius 3 is 2.80 bits per heavy atom. The molecule has 3 rings (SSSR count). The summed E-state index contributed by atoms with van der Waals surface area (Å²) in [6, 6.07) is 14.6. The fourth-order valence-corrected chi connectivity index (χ4v) is 3.56. The van der Waals surface area contributed by atoms with E-state index >= 15 is 0 Å². The number of ether oxygens (including phenoxy) is 1. The van der Waals surface area contributed by atoms with Gasteiger partial charge in [-0.15, -0.1) is 0 Å². The van der Waals surface area contributed by atoms with E-state index in [0.717, 1.165) is 22.3 Å². The highest BCUT2D eigenvalue weighted by Gasteiger charge is 2.16. The van der Waals surface area contributed by atoms with Crippen molar-refractivity contribution in [1.29, 1.82) is 0 Å². The fourth-order valence-electron chi connectivity index (χ4n) is 3.12. The molecule has 158 valence electrons. The van der Waals surface area contributed by atoms with Crippen molar-refractivity contribution in [2.24, 2.45) is 0 Å². The molecule has 0 amide bonds. The van der Waals surface area contributed by atoms with Crippen LogP contribution in [0.4, 0.5) is 5.69 Å². The average Bonchev–Trinajstić information content (AvgIpc) is 2.68. The average molecular weight is 446 g/mol. The number of H-pyrrole nitrogens is 1. The smallest absolute Gasteiger partial charge is 0.253 e. The largest absolute Gasteiger partial charge is 0.494 e. The van der Waals surface area contributed by atoms with Gasteiger partial charge in [0, 0.05) is 33.7 Å². The minimum absolute atomic E-state index is 0.201. The highest BCUT2D eigenvalue weighted by molar-refractivity contribution is 7.80. The van der Waals surface area contributed by atoms with Crippen molar-refractivity contribution in [1.82, 2.24) is 9.88 Å². The number of aliphatic hydroxyl groups is 1. The number of aromatic nitrogens is 1. The van der Waals surface area contributed by atoms with Crippen LogP contribution in [0.5, 0.6) is 5.75 Å². The van der Waals surface area contributed by atoms with E-state index in [1.165, 1.54) is 0 Å². The van der Waals surface area contributed by atoms with E-state index in [0.29, 0.717) is 22.3 Å². The van der Waals surface area contributed by atoms with Gasteiger partial charge in [-0.05, 0) is 68.5 Å². The Labute approximate surface area is 185 Å². The molecule has 0 aliphatic carbocycles. The molecule has 0 saturated heterocycles. The maximum absolute atomic E-state index is 12.6. The number of rotatable bonds is 7. The molecule has 6 nitrogen and oxygen atoms in total. The van der Waals surface area contributed by atoms with E-state index in [1.807, 2.05) is 43.3 Å². The van der Waals surface area contributed by atoms with Gasteiger partial charge in [-0.3, -0.25) is 4.79 Å². The van der Waals surface area contributed by atoms with Crippen molar-refractivity contribution in [2.45, 2.75) is 26.5 Å². The number of halogens is 1. The first-order valence-electron chi connectivity index (χ1n) is 9.64. The summed E-state index contributed by atoms with van der Waals surface area (Å²) in [5.74, 6) is 0.738. The normalized spacial score (nSPS) is 11.9. The molecule has 1 heterocycles. The number of thiocarbonyl (C=S) groups is 1. The van der Waals surface area contributed by atoms with Gasteiger partial charge in [-0.1, -0.05) is 17.7 Å². The van der Waals surface area contributed by atoms with E-state index < -0.39 is 6.10 Å². The third-order valence-corrected chi connectivity index (χ3v) is 5.01. The maximum atomic E-state index is 12.6. The Balaban J connectivity index is 1.87. The Morgan fingerprint density at radius 2 is 2.10 bits per heavy atom. The number of benzene rings is 2. The van der Waals surface area contributed by atoms with Crippen LogP contribution >= 0.6 is 23.8 Å². The number of hydrogen-bond acceptors (Lipinski definition) is 4. The predicted octanol–water partition coefficient (Wildman–Crippen LogP) is 4.16. The lowest BCUT2D eigenvalue weighted by atomic mass is 10.1. The third kappa shape index (κ3) is 5.72. The second-order valence-corrected chi connectivity index (χ2v) is 7.80. The predicted molar refractivity (Wildman–Crippen MR) is 126 cm³/mol. The van der Waals surface area contributed by atoms with Gasteiger partial charge in [0.15, 0.2) is 5.11 Å². The minimum Gasteiger partial charge on any atom is -0.494 e. The van der Waals surface area contributed by atoms with Crippen LogP contribution in [0.1, 0.15) is 19.4 Å². The lowest BCUT2D eigenvalue weighted by Crippen LogP contribution is -2.40. The summed E-state index contributed by atoms with van der Waals surface area (Å²) >= 11 is 11.6. The standard InChI is InChI=1S/C22H24ClN3O3S/c1-3-29-19-7-8-20-15(10-19)9-16(21(28)25-20)13-26(12-14(2)27)22(30)24-18-6-4-5-17(23)11-18/h4-11,14,27H,3,12-13H2,1-2H3,(H,24,30)(H,25,28)/t14-/m0/s1. The molecule has 0 spiro atoms. The van der Waals surface area contributed by atoms with Gasteiger partial charge in [0.2, 0.25) is 0 Å². The maximum Gasteiger partial charge on any atom is 0.253 e. The molecular formula is C22H24ClN3O3S. The summed E-state index contributed by atoms with van der Waals surface area (Å²) in [7, 11) is 0. The van der Waals surface area contributed by atoms with Gasteiger partial charge in [0.1, 0.15) is 5.75 Å². The summed E-state index contributed by atoms with van der Waals surface area (Å²) in [6.07, 6.45) is -0.631. The molecule has 3 aromatic rings. The van der Waals surface area contributed by atoms with Gasteiger partial charge in [-0.25, -0.2) is 0 Å². The van der Waals surface area contributed by atoms with Crippen molar-refractivity contribution in [3.05, 3.63) is 69.5 Å². The molecule has 0 aliphatic rings. The molecule has 30 heavy (non-hydrogen) atoms. The molecular weight excluding hydrogens is 422 g/mol. The van der Waals surface area contributed by atoms with E-state index in [2.05, 4.69) is 10.3 Å². The number of aliphatic hydroxyl groups excluding tert-OH is 1. The third-order valence-electron chi connectivity index (χ3n) is 4.41. The molecule has 0 radical (unpaired) electrons. The second kappa shape index (κ2) is 9.93. The Morgan fingerprint density at radius 1 is 1.30 bits per heavy atom. The van der Waals surface area contributed by atoms with Crippen molar-refractivity contribution >= 4 is 45.5 Å². The van der Waals surface area contributed by atoms with Crippen molar-refractivity contribution in [3.63, 3.8) is 0 Å². The first-order chi connectivity index (χ1) is 14.4. The number of anilines is 1. The van der Waals surface area contributed by atoms with E-state index in [4.69, 9.17) is 28.6 Å². The highest BCUT2D eigenvalue weighted by atomic mass is 35.5. The van der Waals surface area contributed by atoms with Crippen LogP contribution in [-0.4, -0.2) is 39.4 Å². The van der Waals surface area contributed by atoms with E-state index in [9.17, 15) is 9.90 Å². The van der Waals surface area contributed by atoms with Crippen LogP contribution in [-0.2, 0) is 6.54 Å². The summed E-state index contributed by atoms with van der Waals surface area (Å²) in [5.41, 5.74) is 1.80. The first kappa shape index (κ1) is 22.1. The van der Waals surface area contributed by atoms with E-state index in [-0.39, 0.29) is 18.6 Å². The van der Waals surface area contributed by atoms with Crippen LogP contribution in [0, 0.1) is 0 Å². The second-order valence-electron chi connectivity index (χ2n) is 6.98. The minimum atomic E-state index is -0.631. The van der Waals surface area contributed by atoms with Gasteiger partial charge >= 0.3 is 0 Å². The lowest BCUT2D eigenvalue weighted by Gasteiger charge is -2.27. The SMILES string of the molecule is CCOc1ccc2[nH]c(=O)c(CN(C[C@H](C)O)C(=S)Nc3cccc(Cl)c3)cc2c1. The molecule has 0 saturated carbocycles.